The third-order valence-corrected chi connectivity index (χ3v) is 4.41. The fraction of sp³-hybridized carbons (Fsp3) is 0.588. The van der Waals surface area contributed by atoms with E-state index in [0.29, 0.717) is 18.2 Å². The van der Waals surface area contributed by atoms with Gasteiger partial charge in [-0.1, -0.05) is 25.8 Å². The Balaban J connectivity index is 1.85. The summed E-state index contributed by atoms with van der Waals surface area (Å²) < 4.78 is 0. The summed E-state index contributed by atoms with van der Waals surface area (Å²) in [7, 11) is 0. The molecule has 0 atom stereocenters. The van der Waals surface area contributed by atoms with Crippen molar-refractivity contribution in [3.63, 3.8) is 0 Å². The molecule has 1 fully saturated rings. The lowest BCUT2D eigenvalue weighted by Crippen LogP contribution is -2.35. The van der Waals surface area contributed by atoms with Gasteiger partial charge in [-0.3, -0.25) is 4.79 Å². The summed E-state index contributed by atoms with van der Waals surface area (Å²) in [4.78, 5) is 14.6. The zero-order chi connectivity index (χ0) is 15.2. The van der Waals surface area contributed by atoms with Crippen molar-refractivity contribution in [1.29, 1.82) is 0 Å². The van der Waals surface area contributed by atoms with E-state index in [9.17, 15) is 4.79 Å². The minimum Gasteiger partial charge on any atom is -0.399 e. The van der Waals surface area contributed by atoms with Gasteiger partial charge in [0, 0.05) is 30.4 Å². The quantitative estimate of drug-likeness (QED) is 0.791. The summed E-state index contributed by atoms with van der Waals surface area (Å²) >= 11 is 0. The van der Waals surface area contributed by atoms with E-state index in [1.165, 1.54) is 25.7 Å². The van der Waals surface area contributed by atoms with E-state index in [0.717, 1.165) is 24.3 Å². The van der Waals surface area contributed by atoms with Gasteiger partial charge in [0.1, 0.15) is 0 Å². The average molecular weight is 289 g/mol. The standard InChI is InChI=1S/C17H27N3O/c1-3-20(15-6-4-5-7-15)11-10-17(21)19-16-12-14(18)9-8-13(16)2/h8-9,12,15H,3-7,10-11,18H2,1-2H3,(H,19,21). The van der Waals surface area contributed by atoms with Crippen molar-refractivity contribution in [2.24, 2.45) is 0 Å². The Morgan fingerprint density at radius 1 is 1.38 bits per heavy atom. The van der Waals surface area contributed by atoms with E-state index in [1.54, 1.807) is 0 Å². The number of nitrogen functional groups attached to an aromatic ring is 1. The van der Waals surface area contributed by atoms with Gasteiger partial charge in [-0.05, 0) is 44.0 Å². The van der Waals surface area contributed by atoms with Crippen LogP contribution in [0.15, 0.2) is 18.2 Å². The van der Waals surface area contributed by atoms with Gasteiger partial charge in [-0.2, -0.15) is 0 Å². The third kappa shape index (κ3) is 4.46. The Kier molecular flexibility index (Phi) is 5.62. The van der Waals surface area contributed by atoms with E-state index < -0.39 is 0 Å². The first-order valence-electron chi connectivity index (χ1n) is 8.00. The second-order valence-electron chi connectivity index (χ2n) is 5.94. The zero-order valence-corrected chi connectivity index (χ0v) is 13.2. The number of nitrogens with two attached hydrogens (primary N) is 1. The minimum absolute atomic E-state index is 0.0696. The number of aryl methyl sites for hydroxylation is 1. The van der Waals surface area contributed by atoms with Gasteiger partial charge in [0.2, 0.25) is 5.91 Å². The molecule has 0 bridgehead atoms. The molecule has 0 unspecified atom stereocenters. The summed E-state index contributed by atoms with van der Waals surface area (Å²) in [6, 6.07) is 6.28. The minimum atomic E-state index is 0.0696. The van der Waals surface area contributed by atoms with Crippen LogP contribution in [-0.2, 0) is 4.79 Å². The van der Waals surface area contributed by atoms with Crippen LogP contribution in [-0.4, -0.2) is 29.9 Å². The van der Waals surface area contributed by atoms with E-state index >= 15 is 0 Å². The first-order valence-corrected chi connectivity index (χ1v) is 8.00. The molecule has 0 heterocycles. The Morgan fingerprint density at radius 3 is 2.76 bits per heavy atom. The second-order valence-corrected chi connectivity index (χ2v) is 5.94. The maximum atomic E-state index is 12.1. The van der Waals surface area contributed by atoms with Crippen molar-refractivity contribution in [2.75, 3.05) is 24.1 Å². The predicted octanol–water partition coefficient (Wildman–Crippen LogP) is 3.17. The summed E-state index contributed by atoms with van der Waals surface area (Å²) in [5.74, 6) is 0.0696. The molecule has 4 nitrogen and oxygen atoms in total. The van der Waals surface area contributed by atoms with E-state index in [1.807, 2.05) is 25.1 Å². The highest BCUT2D eigenvalue weighted by atomic mass is 16.1. The van der Waals surface area contributed by atoms with Gasteiger partial charge in [0.25, 0.3) is 0 Å². The second kappa shape index (κ2) is 7.46. The molecule has 2 rings (SSSR count). The molecule has 1 aromatic carbocycles. The van der Waals surface area contributed by atoms with E-state index in [4.69, 9.17) is 5.73 Å². The lowest BCUT2D eigenvalue weighted by molar-refractivity contribution is -0.116. The molecule has 1 aliphatic rings. The molecule has 21 heavy (non-hydrogen) atoms. The number of nitrogens with zero attached hydrogens (tertiary/aromatic N) is 1. The monoisotopic (exact) mass is 289 g/mol. The topological polar surface area (TPSA) is 58.4 Å². The van der Waals surface area contributed by atoms with Crippen molar-refractivity contribution in [3.8, 4) is 0 Å². The number of nitrogens with one attached hydrogen (secondary N) is 1. The number of anilines is 2. The highest BCUT2D eigenvalue weighted by molar-refractivity contribution is 5.92. The van der Waals surface area contributed by atoms with Crippen LogP contribution in [0.4, 0.5) is 11.4 Å². The Labute approximate surface area is 127 Å². The Hall–Kier alpha value is -1.55. The van der Waals surface area contributed by atoms with Crippen LogP contribution >= 0.6 is 0 Å². The van der Waals surface area contributed by atoms with Gasteiger partial charge in [0.05, 0.1) is 0 Å². The van der Waals surface area contributed by atoms with Crippen molar-refractivity contribution in [1.82, 2.24) is 4.90 Å². The summed E-state index contributed by atoms with van der Waals surface area (Å²) in [5.41, 5.74) is 8.31. The maximum Gasteiger partial charge on any atom is 0.225 e. The van der Waals surface area contributed by atoms with Crippen molar-refractivity contribution in [2.45, 2.75) is 52.0 Å². The van der Waals surface area contributed by atoms with Crippen molar-refractivity contribution in [3.05, 3.63) is 23.8 Å². The molecule has 1 aliphatic carbocycles. The molecular formula is C17H27N3O. The van der Waals surface area contributed by atoms with Crippen molar-refractivity contribution < 1.29 is 4.79 Å². The number of hydrogen-bond acceptors (Lipinski definition) is 3. The molecule has 3 N–H and O–H groups in total. The highest BCUT2D eigenvalue weighted by Gasteiger charge is 2.21. The summed E-state index contributed by atoms with van der Waals surface area (Å²) in [6.07, 6.45) is 5.76. The average Bonchev–Trinajstić information content (AvgIpc) is 2.98. The lowest BCUT2D eigenvalue weighted by Gasteiger charge is -2.27. The number of carbonyl (C=O) groups excluding carboxylic acids is 1. The molecule has 1 amide bonds. The summed E-state index contributed by atoms with van der Waals surface area (Å²) in [6.45, 7) is 6.02. The molecule has 0 saturated heterocycles. The number of carbonyl (C=O) groups is 1. The van der Waals surface area contributed by atoms with Gasteiger partial charge < -0.3 is 16.0 Å². The third-order valence-electron chi connectivity index (χ3n) is 4.41. The first-order chi connectivity index (χ1) is 10.1. The van der Waals surface area contributed by atoms with Crippen LogP contribution in [0, 0.1) is 6.92 Å². The first kappa shape index (κ1) is 15.8. The maximum absolute atomic E-state index is 12.1. The summed E-state index contributed by atoms with van der Waals surface area (Å²) in [5, 5.41) is 2.98. The van der Waals surface area contributed by atoms with Crippen LogP contribution in [0.2, 0.25) is 0 Å². The number of amides is 1. The Morgan fingerprint density at radius 2 is 2.10 bits per heavy atom. The number of rotatable bonds is 6. The van der Waals surface area contributed by atoms with Crippen LogP contribution in [0.5, 0.6) is 0 Å². The van der Waals surface area contributed by atoms with Gasteiger partial charge in [0.15, 0.2) is 0 Å². The van der Waals surface area contributed by atoms with Crippen LogP contribution in [0.3, 0.4) is 0 Å². The molecule has 1 aromatic rings. The van der Waals surface area contributed by atoms with E-state index in [-0.39, 0.29) is 5.91 Å². The number of hydrogen-bond donors (Lipinski definition) is 2. The smallest absolute Gasteiger partial charge is 0.225 e. The highest BCUT2D eigenvalue weighted by Crippen LogP contribution is 2.23. The van der Waals surface area contributed by atoms with Crippen LogP contribution < -0.4 is 11.1 Å². The molecule has 0 spiro atoms. The van der Waals surface area contributed by atoms with Crippen LogP contribution in [0.25, 0.3) is 0 Å². The molecule has 0 radical (unpaired) electrons. The predicted molar refractivity (Wildman–Crippen MR) is 88.3 cm³/mol. The van der Waals surface area contributed by atoms with Gasteiger partial charge in [-0.25, -0.2) is 0 Å². The molecule has 0 aromatic heterocycles. The normalized spacial score (nSPS) is 15.6. The number of benzene rings is 1. The van der Waals surface area contributed by atoms with E-state index in [2.05, 4.69) is 17.1 Å². The van der Waals surface area contributed by atoms with Crippen LogP contribution in [0.1, 0.15) is 44.6 Å². The largest absolute Gasteiger partial charge is 0.399 e. The fourth-order valence-corrected chi connectivity index (χ4v) is 3.10. The van der Waals surface area contributed by atoms with Gasteiger partial charge >= 0.3 is 0 Å². The Bertz CT molecular complexity index is 481. The molecule has 116 valence electrons. The van der Waals surface area contributed by atoms with Crippen molar-refractivity contribution >= 4 is 17.3 Å². The molecular weight excluding hydrogens is 262 g/mol. The fourth-order valence-electron chi connectivity index (χ4n) is 3.10. The molecule has 0 aliphatic heterocycles. The molecule has 4 heteroatoms. The molecule has 1 saturated carbocycles. The zero-order valence-electron chi connectivity index (χ0n) is 13.2. The van der Waals surface area contributed by atoms with Gasteiger partial charge in [-0.15, -0.1) is 0 Å². The lowest BCUT2D eigenvalue weighted by atomic mass is 10.1. The SMILES string of the molecule is CCN(CCC(=O)Nc1cc(N)ccc1C)C1CCCC1.